The van der Waals surface area contributed by atoms with Crippen LogP contribution in [0.2, 0.25) is 10.0 Å². The number of rotatable bonds is 4. The number of nitrogens with zero attached hydrogens (tertiary/aromatic N) is 3. The molecule has 36 heavy (non-hydrogen) atoms. The van der Waals surface area contributed by atoms with Crippen molar-refractivity contribution in [2.75, 3.05) is 7.11 Å². The molecule has 9 heteroatoms. The van der Waals surface area contributed by atoms with Crippen molar-refractivity contribution in [3.8, 4) is 28.4 Å². The van der Waals surface area contributed by atoms with Gasteiger partial charge in [-0.1, -0.05) is 29.6 Å². The lowest BCUT2D eigenvalue weighted by atomic mass is 9.88. The van der Waals surface area contributed by atoms with Crippen LogP contribution in [0, 0.1) is 0 Å². The molecule has 1 amide bonds. The molecule has 190 valence electrons. The molecule has 0 spiro atoms. The van der Waals surface area contributed by atoms with Gasteiger partial charge in [-0.15, -0.1) is 0 Å². The Morgan fingerprint density at radius 3 is 2.53 bits per heavy atom. The summed E-state index contributed by atoms with van der Waals surface area (Å²) in [7, 11) is 1.61. The standard InChI is InChI=1S/C27H30Cl2N4O3/c1-15-7-6-8-16(2)32(15)31-26(34)24-23-25(33(30-24)21-12-9-17(28)13-20(21)29)19-11-10-18(35-5)14-22(19)36-27(23,3)4/h9-16H,6-8H2,1-5H3,(H,31,34). The van der Waals surface area contributed by atoms with E-state index in [2.05, 4.69) is 19.3 Å². The molecule has 0 saturated carbocycles. The first-order valence-electron chi connectivity index (χ1n) is 12.2. The molecule has 1 N–H and O–H groups in total. The van der Waals surface area contributed by atoms with Gasteiger partial charge in [0.15, 0.2) is 5.69 Å². The number of amides is 1. The minimum absolute atomic E-state index is 0.235. The molecule has 0 radical (unpaired) electrons. The Morgan fingerprint density at radius 1 is 1.14 bits per heavy atom. The van der Waals surface area contributed by atoms with Gasteiger partial charge in [0.2, 0.25) is 0 Å². The molecule has 3 aromatic rings. The number of fused-ring (bicyclic) bond motifs is 3. The zero-order valence-corrected chi connectivity index (χ0v) is 22.6. The fourth-order valence-electron chi connectivity index (χ4n) is 5.27. The second-order valence-electron chi connectivity index (χ2n) is 10.0. The van der Waals surface area contributed by atoms with E-state index in [9.17, 15) is 4.79 Å². The molecule has 2 atom stereocenters. The van der Waals surface area contributed by atoms with E-state index in [1.165, 1.54) is 0 Å². The molecule has 0 bridgehead atoms. The van der Waals surface area contributed by atoms with Crippen LogP contribution in [0.1, 0.15) is 63.0 Å². The molecule has 2 unspecified atom stereocenters. The number of carbonyl (C=O) groups excluding carboxylic acids is 1. The first-order valence-corrected chi connectivity index (χ1v) is 12.9. The van der Waals surface area contributed by atoms with Gasteiger partial charge in [0, 0.05) is 28.7 Å². The van der Waals surface area contributed by atoms with E-state index in [-0.39, 0.29) is 18.0 Å². The summed E-state index contributed by atoms with van der Waals surface area (Å²) in [5.41, 5.74) is 5.45. The van der Waals surface area contributed by atoms with Crippen LogP contribution >= 0.6 is 23.2 Å². The van der Waals surface area contributed by atoms with E-state index in [1.54, 1.807) is 30.0 Å². The number of hydrogen-bond acceptors (Lipinski definition) is 5. The normalized spacial score (nSPS) is 20.8. The van der Waals surface area contributed by atoms with E-state index in [1.807, 2.05) is 37.1 Å². The lowest BCUT2D eigenvalue weighted by Crippen LogP contribution is -2.54. The number of methoxy groups -OCH3 is 1. The van der Waals surface area contributed by atoms with E-state index in [0.717, 1.165) is 30.5 Å². The van der Waals surface area contributed by atoms with Crippen molar-refractivity contribution in [2.45, 2.75) is 64.6 Å². The van der Waals surface area contributed by atoms with Crippen molar-refractivity contribution in [1.82, 2.24) is 20.2 Å². The second-order valence-corrected chi connectivity index (χ2v) is 10.9. The summed E-state index contributed by atoms with van der Waals surface area (Å²) in [5.74, 6) is 1.04. The topological polar surface area (TPSA) is 68.6 Å². The number of ether oxygens (including phenoxy) is 2. The molecule has 2 aliphatic rings. The summed E-state index contributed by atoms with van der Waals surface area (Å²) in [5, 5.41) is 7.83. The van der Waals surface area contributed by atoms with Crippen LogP contribution in [0.5, 0.6) is 11.5 Å². The van der Waals surface area contributed by atoms with Gasteiger partial charge in [-0.05, 0) is 70.9 Å². The fraction of sp³-hybridized carbons (Fsp3) is 0.407. The first-order chi connectivity index (χ1) is 17.1. The van der Waals surface area contributed by atoms with Crippen LogP contribution in [0.15, 0.2) is 36.4 Å². The number of aromatic nitrogens is 2. The highest BCUT2D eigenvalue weighted by Crippen LogP contribution is 2.49. The number of carbonyl (C=O) groups is 1. The summed E-state index contributed by atoms with van der Waals surface area (Å²) in [6, 6.07) is 11.3. The number of nitrogens with one attached hydrogen (secondary N) is 1. The number of benzene rings is 2. The van der Waals surface area contributed by atoms with Crippen LogP contribution < -0.4 is 14.9 Å². The Labute approximate surface area is 221 Å². The van der Waals surface area contributed by atoms with Gasteiger partial charge in [-0.3, -0.25) is 10.2 Å². The fourth-order valence-corrected chi connectivity index (χ4v) is 5.76. The van der Waals surface area contributed by atoms with E-state index < -0.39 is 5.60 Å². The van der Waals surface area contributed by atoms with Crippen LogP contribution in [0.25, 0.3) is 16.9 Å². The van der Waals surface area contributed by atoms with Gasteiger partial charge in [0.1, 0.15) is 17.1 Å². The largest absolute Gasteiger partial charge is 0.497 e. The van der Waals surface area contributed by atoms with Crippen molar-refractivity contribution < 1.29 is 14.3 Å². The molecule has 1 fully saturated rings. The summed E-state index contributed by atoms with van der Waals surface area (Å²) in [6.07, 6.45) is 3.21. The molecule has 1 aromatic heterocycles. The van der Waals surface area contributed by atoms with Crippen molar-refractivity contribution in [3.63, 3.8) is 0 Å². The SMILES string of the molecule is COc1ccc2c(c1)OC(C)(C)c1c(C(=O)NN3C(C)CCCC3C)nn(-c3ccc(Cl)cc3Cl)c1-2. The van der Waals surface area contributed by atoms with Crippen LogP contribution in [0.4, 0.5) is 0 Å². The summed E-state index contributed by atoms with van der Waals surface area (Å²) in [4.78, 5) is 13.8. The third-order valence-electron chi connectivity index (χ3n) is 7.07. The predicted molar refractivity (Wildman–Crippen MR) is 141 cm³/mol. The highest BCUT2D eigenvalue weighted by molar-refractivity contribution is 6.35. The van der Waals surface area contributed by atoms with E-state index in [4.69, 9.17) is 37.8 Å². The van der Waals surface area contributed by atoms with Gasteiger partial charge in [0.25, 0.3) is 5.91 Å². The predicted octanol–water partition coefficient (Wildman–Crippen LogP) is 6.39. The van der Waals surface area contributed by atoms with Crippen LogP contribution in [-0.4, -0.2) is 39.9 Å². The van der Waals surface area contributed by atoms with Crippen LogP contribution in [0.3, 0.4) is 0 Å². The van der Waals surface area contributed by atoms with E-state index in [0.29, 0.717) is 38.5 Å². The average molecular weight is 529 g/mol. The first kappa shape index (κ1) is 24.9. The summed E-state index contributed by atoms with van der Waals surface area (Å²) < 4.78 is 13.6. The zero-order chi connectivity index (χ0) is 25.8. The lowest BCUT2D eigenvalue weighted by Gasteiger charge is -2.39. The third-order valence-corrected chi connectivity index (χ3v) is 7.61. The lowest BCUT2D eigenvalue weighted by molar-refractivity contribution is 0.0358. The minimum Gasteiger partial charge on any atom is -0.497 e. The van der Waals surface area contributed by atoms with Crippen molar-refractivity contribution in [2.24, 2.45) is 0 Å². The molecule has 0 aliphatic carbocycles. The highest BCUT2D eigenvalue weighted by Gasteiger charge is 2.42. The maximum Gasteiger partial charge on any atom is 0.286 e. The molecule has 3 heterocycles. The van der Waals surface area contributed by atoms with Crippen molar-refractivity contribution in [3.05, 3.63) is 57.7 Å². The number of hydrazine groups is 1. The Hall–Kier alpha value is -2.74. The van der Waals surface area contributed by atoms with Crippen LogP contribution in [-0.2, 0) is 5.60 Å². The Morgan fingerprint density at radius 2 is 1.86 bits per heavy atom. The Kier molecular flexibility index (Phi) is 6.43. The third kappa shape index (κ3) is 4.23. The molecule has 2 aliphatic heterocycles. The molecular weight excluding hydrogens is 499 g/mol. The average Bonchev–Trinajstić information content (AvgIpc) is 3.23. The van der Waals surface area contributed by atoms with Gasteiger partial charge in [-0.25, -0.2) is 9.69 Å². The maximum absolute atomic E-state index is 13.8. The van der Waals surface area contributed by atoms with E-state index >= 15 is 0 Å². The van der Waals surface area contributed by atoms with Gasteiger partial charge in [0.05, 0.1) is 29.1 Å². The van der Waals surface area contributed by atoms with Crippen molar-refractivity contribution >= 4 is 29.1 Å². The van der Waals surface area contributed by atoms with Gasteiger partial charge < -0.3 is 9.47 Å². The molecule has 1 saturated heterocycles. The summed E-state index contributed by atoms with van der Waals surface area (Å²) in [6.45, 7) is 8.14. The second kappa shape index (κ2) is 9.29. The number of piperidine rings is 1. The van der Waals surface area contributed by atoms with Gasteiger partial charge >= 0.3 is 0 Å². The zero-order valence-electron chi connectivity index (χ0n) is 21.1. The maximum atomic E-state index is 13.8. The van der Waals surface area contributed by atoms with Gasteiger partial charge in [-0.2, -0.15) is 5.10 Å². The molecule has 7 nitrogen and oxygen atoms in total. The number of hydrogen-bond donors (Lipinski definition) is 1. The Balaban J connectivity index is 1.71. The minimum atomic E-state index is -0.850. The molecular formula is C27H30Cl2N4O3. The number of halogens is 2. The molecule has 2 aromatic carbocycles. The smallest absolute Gasteiger partial charge is 0.286 e. The highest BCUT2D eigenvalue weighted by atomic mass is 35.5. The Bertz CT molecular complexity index is 1330. The summed E-state index contributed by atoms with van der Waals surface area (Å²) >= 11 is 12.8. The van der Waals surface area contributed by atoms with Crippen molar-refractivity contribution in [1.29, 1.82) is 0 Å². The monoisotopic (exact) mass is 528 g/mol. The quantitative estimate of drug-likeness (QED) is 0.424. The molecule has 5 rings (SSSR count).